The Morgan fingerprint density at radius 1 is 1.27 bits per heavy atom. The third-order valence-corrected chi connectivity index (χ3v) is 6.52. The maximum Gasteiger partial charge on any atom is 0.342 e. The van der Waals surface area contributed by atoms with Crippen LogP contribution in [0.4, 0.5) is 0 Å². The molecule has 3 N–H and O–H groups in total. The molecule has 0 spiro atoms. The molecule has 1 aromatic carbocycles. The first kappa shape index (κ1) is 28.5. The van der Waals surface area contributed by atoms with Gasteiger partial charge in [0.1, 0.15) is 29.3 Å². The number of fused-ring (bicyclic) bond motifs is 2. The van der Waals surface area contributed by atoms with Gasteiger partial charge < -0.3 is 34.7 Å². The van der Waals surface area contributed by atoms with E-state index in [1.807, 2.05) is 6.08 Å². The highest BCUT2D eigenvalue weighted by Gasteiger charge is 2.38. The van der Waals surface area contributed by atoms with Crippen LogP contribution in [0.25, 0.3) is 0 Å². The average molecular weight is 536 g/mol. The summed E-state index contributed by atoms with van der Waals surface area (Å²) in [5.74, 6) is -1.99. The molecule has 37 heavy (non-hydrogen) atoms. The van der Waals surface area contributed by atoms with Crippen LogP contribution in [0.15, 0.2) is 35.5 Å². The zero-order valence-electron chi connectivity index (χ0n) is 21.3. The zero-order valence-corrected chi connectivity index (χ0v) is 22.0. The van der Waals surface area contributed by atoms with Crippen LogP contribution in [-0.4, -0.2) is 83.8 Å². The average Bonchev–Trinajstić information content (AvgIpc) is 3.58. The van der Waals surface area contributed by atoms with E-state index in [0.717, 1.165) is 25.7 Å². The fourth-order valence-corrected chi connectivity index (χ4v) is 4.19. The number of epoxide rings is 1. The Hall–Kier alpha value is -3.08. The summed E-state index contributed by atoms with van der Waals surface area (Å²) >= 11 is 6.33. The number of cyclic esters (lactones) is 1. The van der Waals surface area contributed by atoms with Crippen molar-refractivity contribution >= 4 is 29.2 Å². The van der Waals surface area contributed by atoms with Gasteiger partial charge in [0, 0.05) is 32.0 Å². The van der Waals surface area contributed by atoms with Crippen molar-refractivity contribution in [1.82, 2.24) is 10.2 Å². The minimum Gasteiger partial charge on any atom is -0.507 e. The lowest BCUT2D eigenvalue weighted by atomic mass is 9.99. The van der Waals surface area contributed by atoms with Gasteiger partial charge in [-0.2, -0.15) is 0 Å². The fourth-order valence-electron chi connectivity index (χ4n) is 3.97. The second-order valence-corrected chi connectivity index (χ2v) is 9.20. The lowest BCUT2D eigenvalue weighted by Crippen LogP contribution is -2.36. The van der Waals surface area contributed by atoms with Gasteiger partial charge in [-0.3, -0.25) is 4.79 Å². The van der Waals surface area contributed by atoms with Crippen LogP contribution in [-0.2, 0) is 25.5 Å². The zero-order chi connectivity index (χ0) is 26.9. The SMILES string of the molecule is CCN(CC)CCNC(=O)CON=C1C=CC=CC2OC2CC(C)OC(=O)c2c(O)cc(O)c(Cl)c2C1. The maximum absolute atomic E-state index is 13.0. The normalized spacial score (nSPS) is 22.7. The van der Waals surface area contributed by atoms with E-state index in [4.69, 9.17) is 25.9 Å². The first-order chi connectivity index (χ1) is 17.7. The van der Waals surface area contributed by atoms with Gasteiger partial charge in [0.2, 0.25) is 0 Å². The predicted octanol–water partition coefficient (Wildman–Crippen LogP) is 2.95. The van der Waals surface area contributed by atoms with Crippen molar-refractivity contribution in [2.24, 2.45) is 5.16 Å². The van der Waals surface area contributed by atoms with Crippen molar-refractivity contribution < 1.29 is 34.1 Å². The molecule has 2 heterocycles. The molecule has 0 aromatic heterocycles. The number of nitrogens with zero attached hydrogens (tertiary/aromatic N) is 2. The van der Waals surface area contributed by atoms with Crippen LogP contribution < -0.4 is 5.32 Å². The van der Waals surface area contributed by atoms with Crippen LogP contribution in [0, 0.1) is 0 Å². The number of phenolic OH excluding ortho intramolecular Hbond substituents is 2. The third-order valence-electron chi connectivity index (χ3n) is 6.10. The number of likely N-dealkylation sites (N-methyl/N-ethyl adjacent to an activating group) is 1. The lowest BCUT2D eigenvalue weighted by Gasteiger charge is -2.18. The van der Waals surface area contributed by atoms with Crippen LogP contribution in [0.1, 0.15) is 43.1 Å². The smallest absolute Gasteiger partial charge is 0.342 e. The van der Waals surface area contributed by atoms with E-state index in [1.54, 1.807) is 25.2 Å². The Bertz CT molecular complexity index is 1070. The van der Waals surface area contributed by atoms with E-state index in [9.17, 15) is 19.8 Å². The summed E-state index contributed by atoms with van der Waals surface area (Å²) in [6, 6.07) is 0.991. The topological polar surface area (TPSA) is 133 Å². The summed E-state index contributed by atoms with van der Waals surface area (Å²) in [7, 11) is 0. The lowest BCUT2D eigenvalue weighted by molar-refractivity contribution is -0.125. The number of aromatic hydroxyl groups is 2. The highest BCUT2D eigenvalue weighted by Crippen LogP contribution is 2.38. The number of rotatable bonds is 8. The van der Waals surface area contributed by atoms with Gasteiger partial charge in [0.15, 0.2) is 6.61 Å². The number of hydrogen-bond donors (Lipinski definition) is 3. The molecule has 11 heteroatoms. The largest absolute Gasteiger partial charge is 0.507 e. The number of carbonyl (C=O) groups is 2. The summed E-state index contributed by atoms with van der Waals surface area (Å²) in [5, 5.41) is 27.4. The van der Waals surface area contributed by atoms with Gasteiger partial charge >= 0.3 is 5.97 Å². The van der Waals surface area contributed by atoms with Gasteiger partial charge in [-0.1, -0.05) is 48.8 Å². The number of amides is 1. The van der Waals surface area contributed by atoms with E-state index < -0.39 is 23.6 Å². The molecule has 2 aliphatic heterocycles. The maximum atomic E-state index is 13.0. The second-order valence-electron chi connectivity index (χ2n) is 8.83. The van der Waals surface area contributed by atoms with Crippen molar-refractivity contribution in [3.05, 3.63) is 46.5 Å². The predicted molar refractivity (Wildman–Crippen MR) is 139 cm³/mol. The van der Waals surface area contributed by atoms with Crippen molar-refractivity contribution in [2.75, 3.05) is 32.8 Å². The standard InChI is InChI=1S/C26H34ClN3O7/c1-4-30(5-2)11-10-28-23(33)15-35-29-17-8-6-7-9-21-22(37-21)12-16(3)36-26(34)24-18(13-17)25(27)20(32)14-19(24)31/h6-9,14,16,21-22,31-32H,4-5,10-13,15H2,1-3H3,(H,28,33). The Morgan fingerprint density at radius 3 is 2.76 bits per heavy atom. The van der Waals surface area contributed by atoms with Gasteiger partial charge in [0.25, 0.3) is 5.91 Å². The van der Waals surface area contributed by atoms with Crippen LogP contribution in [0.5, 0.6) is 11.5 Å². The number of carbonyl (C=O) groups excluding carboxylic acids is 2. The Kier molecular flexibility index (Phi) is 10.4. The number of phenols is 2. The van der Waals surface area contributed by atoms with E-state index in [-0.39, 0.29) is 47.3 Å². The Balaban J connectivity index is 1.80. The second kappa shape index (κ2) is 13.5. The third kappa shape index (κ3) is 8.21. The molecule has 3 rings (SSSR count). The van der Waals surface area contributed by atoms with Crippen LogP contribution in [0.3, 0.4) is 0 Å². The number of esters is 1. The number of hydrogen-bond acceptors (Lipinski definition) is 9. The Labute approximate surface area is 221 Å². The molecule has 0 bridgehead atoms. The first-order valence-corrected chi connectivity index (χ1v) is 12.7. The molecule has 0 aliphatic carbocycles. The van der Waals surface area contributed by atoms with Crippen molar-refractivity contribution in [3.63, 3.8) is 0 Å². The summed E-state index contributed by atoms with van der Waals surface area (Å²) in [5.41, 5.74) is 0.235. The van der Waals surface area contributed by atoms with Gasteiger partial charge in [0.05, 0.1) is 16.8 Å². The first-order valence-electron chi connectivity index (χ1n) is 12.4. The summed E-state index contributed by atoms with van der Waals surface area (Å²) in [4.78, 5) is 32.6. The molecule has 1 fully saturated rings. The van der Waals surface area contributed by atoms with Crippen molar-refractivity contribution in [3.8, 4) is 11.5 Å². The van der Waals surface area contributed by atoms with Crippen molar-refractivity contribution in [1.29, 1.82) is 0 Å². The van der Waals surface area contributed by atoms with E-state index in [1.165, 1.54) is 0 Å². The number of nitrogens with one attached hydrogen (secondary N) is 1. The molecule has 1 saturated heterocycles. The highest BCUT2D eigenvalue weighted by atomic mass is 35.5. The molecule has 0 saturated carbocycles. The molecule has 1 aromatic rings. The molecule has 3 unspecified atom stereocenters. The molecule has 2 aliphatic rings. The number of oxime groups is 1. The van der Waals surface area contributed by atoms with Crippen LogP contribution >= 0.6 is 11.6 Å². The van der Waals surface area contributed by atoms with E-state index in [0.29, 0.717) is 18.7 Å². The van der Waals surface area contributed by atoms with Gasteiger partial charge in [-0.05, 0) is 31.7 Å². The van der Waals surface area contributed by atoms with Gasteiger partial charge in [-0.15, -0.1) is 0 Å². The summed E-state index contributed by atoms with van der Waals surface area (Å²) in [6.45, 7) is 8.54. The molecular formula is C26H34ClN3O7. The quantitative estimate of drug-likeness (QED) is 0.263. The van der Waals surface area contributed by atoms with Gasteiger partial charge in [-0.25, -0.2) is 4.79 Å². The molecule has 0 radical (unpaired) electrons. The summed E-state index contributed by atoms with van der Waals surface area (Å²) in [6.07, 6.45) is 6.77. The molecule has 202 valence electrons. The molecule has 3 atom stereocenters. The highest BCUT2D eigenvalue weighted by molar-refractivity contribution is 6.33. The minimum absolute atomic E-state index is 0.0800. The molecule has 10 nitrogen and oxygen atoms in total. The molecular weight excluding hydrogens is 502 g/mol. The summed E-state index contributed by atoms with van der Waals surface area (Å²) < 4.78 is 11.1. The van der Waals surface area contributed by atoms with E-state index in [2.05, 4.69) is 29.2 Å². The van der Waals surface area contributed by atoms with Crippen molar-refractivity contribution in [2.45, 2.75) is 51.9 Å². The number of benzene rings is 1. The van der Waals surface area contributed by atoms with E-state index >= 15 is 0 Å². The molecule has 1 amide bonds. The number of allylic oxidation sites excluding steroid dienone is 3. The Morgan fingerprint density at radius 2 is 2.03 bits per heavy atom. The van der Waals surface area contributed by atoms with Crippen LogP contribution in [0.2, 0.25) is 5.02 Å². The monoisotopic (exact) mass is 535 g/mol. The number of halogens is 1. The fraction of sp³-hybridized carbons (Fsp3) is 0.500. The minimum atomic E-state index is -0.788. The number of ether oxygens (including phenoxy) is 2.